The van der Waals surface area contributed by atoms with Crippen LogP contribution in [0.4, 0.5) is 31.5 Å². The molecule has 276 valence electrons. The molecule has 5 nitrogen and oxygen atoms in total. The highest BCUT2D eigenvalue weighted by Gasteiger charge is 2.42. The van der Waals surface area contributed by atoms with Gasteiger partial charge in [-0.25, -0.2) is 4.98 Å². The van der Waals surface area contributed by atoms with Crippen LogP contribution in [0.2, 0.25) is 0 Å². The molecule has 0 radical (unpaired) electrons. The van der Waals surface area contributed by atoms with Crippen molar-refractivity contribution in [2.24, 2.45) is 0 Å². The summed E-state index contributed by atoms with van der Waals surface area (Å²) in [5, 5.41) is 1.58. The summed E-state index contributed by atoms with van der Waals surface area (Å²) in [5.74, 6) is -2.99. The van der Waals surface area contributed by atoms with E-state index < -0.39 is 29.1 Å². The quantitative estimate of drug-likeness (QED) is 0.165. The van der Waals surface area contributed by atoms with E-state index in [1.165, 1.54) is 29.0 Å². The average Bonchev–Trinajstić information content (AvgIpc) is 3.75. The first-order valence-electron chi connectivity index (χ1n) is 20.6. The molecule has 0 aliphatic carbocycles. The second-order valence-electron chi connectivity index (χ2n) is 17.4. The van der Waals surface area contributed by atoms with Crippen molar-refractivity contribution in [3.05, 3.63) is 149 Å². The van der Waals surface area contributed by atoms with Gasteiger partial charge in [-0.3, -0.25) is 9.55 Å². The molecule has 7 aromatic rings. The Bertz CT molecular complexity index is 2960. The summed E-state index contributed by atoms with van der Waals surface area (Å²) < 4.78 is 75.4. The third-order valence-electron chi connectivity index (χ3n) is 10.4. The summed E-state index contributed by atoms with van der Waals surface area (Å²) in [4.78, 5) is 9.15. The van der Waals surface area contributed by atoms with Crippen LogP contribution >= 0.6 is 0 Å². The molecular formula is C48H47F2N5+2. The molecule has 55 heavy (non-hydrogen) atoms. The van der Waals surface area contributed by atoms with Gasteiger partial charge >= 0.3 is 11.9 Å². The van der Waals surface area contributed by atoms with Crippen LogP contribution in [-0.4, -0.2) is 20.5 Å². The van der Waals surface area contributed by atoms with Gasteiger partial charge in [-0.2, -0.15) is 8.78 Å². The number of pyridine rings is 2. The first-order chi connectivity index (χ1) is 27.6. The predicted molar refractivity (Wildman–Crippen MR) is 223 cm³/mol. The van der Waals surface area contributed by atoms with Crippen LogP contribution in [0.25, 0.3) is 27.6 Å². The number of fused-ring (bicyclic) bond motifs is 4. The van der Waals surface area contributed by atoms with Crippen LogP contribution in [0.1, 0.15) is 95.7 Å². The van der Waals surface area contributed by atoms with Gasteiger partial charge in [0.05, 0.1) is 16.5 Å². The number of para-hydroxylation sites is 4. The van der Waals surface area contributed by atoms with Crippen LogP contribution in [0.3, 0.4) is 0 Å². The monoisotopic (exact) mass is 735 g/mol. The van der Waals surface area contributed by atoms with Crippen LogP contribution in [0.15, 0.2) is 121 Å². The van der Waals surface area contributed by atoms with Crippen LogP contribution < -0.4 is 9.15 Å². The van der Waals surface area contributed by atoms with Gasteiger partial charge in [-0.05, 0) is 66.9 Å². The molecule has 0 saturated heterocycles. The van der Waals surface area contributed by atoms with Crippen LogP contribution in [0.5, 0.6) is 0 Å². The lowest BCUT2D eigenvalue weighted by atomic mass is 9.84. The molecular weight excluding hydrogens is 685 g/mol. The molecule has 0 saturated carbocycles. The smallest absolute Gasteiger partial charge is 0.294 e. The van der Waals surface area contributed by atoms with Gasteiger partial charge in [0, 0.05) is 64.6 Å². The van der Waals surface area contributed by atoms with Gasteiger partial charge in [0.1, 0.15) is 11.5 Å². The SMILES string of the molecule is [2H]c1c([2H])c([2H])c2c(c1[2H])[N+](c1cc(C(C)(C)C)cc(C(F)(F)c3cc4c(cn3)c3ccccc3n4-c3cc(C(C)(C)C)ccn3)c1)=C=[N+]2c1ccccc1C(C)(C)C. The number of hydrogen-bond donors (Lipinski definition) is 0. The van der Waals surface area contributed by atoms with Gasteiger partial charge in [0.2, 0.25) is 11.4 Å². The summed E-state index contributed by atoms with van der Waals surface area (Å²) in [5.41, 5.74) is 3.31. The Morgan fingerprint density at radius 3 is 1.98 bits per heavy atom. The molecule has 8 rings (SSSR count). The maximum atomic E-state index is 17.5. The van der Waals surface area contributed by atoms with Crippen molar-refractivity contribution in [3.8, 4) is 5.82 Å². The lowest BCUT2D eigenvalue weighted by Crippen LogP contribution is -2.20. The molecule has 0 spiro atoms. The minimum absolute atomic E-state index is 0.120. The maximum absolute atomic E-state index is 17.5. The highest BCUT2D eigenvalue weighted by molar-refractivity contribution is 6.08. The fourth-order valence-corrected chi connectivity index (χ4v) is 7.28. The number of nitrogens with zero attached hydrogens (tertiary/aromatic N) is 5. The fraction of sp³-hybridized carbons (Fsp3) is 0.271. The Labute approximate surface area is 327 Å². The Kier molecular flexibility index (Phi) is 7.25. The highest BCUT2D eigenvalue weighted by Crippen LogP contribution is 2.44. The van der Waals surface area contributed by atoms with E-state index in [0.717, 1.165) is 27.4 Å². The van der Waals surface area contributed by atoms with E-state index >= 15 is 8.78 Å². The summed E-state index contributed by atoms with van der Waals surface area (Å²) in [6.45, 7) is 18.4. The van der Waals surface area contributed by atoms with Gasteiger partial charge in [0.15, 0.2) is 0 Å². The van der Waals surface area contributed by atoms with E-state index in [-0.39, 0.29) is 45.5 Å². The third kappa shape index (κ3) is 6.27. The second-order valence-corrected chi connectivity index (χ2v) is 17.4. The van der Waals surface area contributed by atoms with Crippen LogP contribution in [0, 0.1) is 0 Å². The predicted octanol–water partition coefficient (Wildman–Crippen LogP) is 12.5. The molecule has 7 heteroatoms. The minimum atomic E-state index is -3.61. The molecule has 0 bridgehead atoms. The average molecular weight is 736 g/mol. The van der Waals surface area contributed by atoms with Crippen molar-refractivity contribution < 1.29 is 14.3 Å². The van der Waals surface area contributed by atoms with Crippen molar-refractivity contribution in [1.29, 1.82) is 0 Å². The Morgan fingerprint density at radius 2 is 1.27 bits per heavy atom. The molecule has 4 aromatic carbocycles. The third-order valence-corrected chi connectivity index (χ3v) is 10.4. The number of benzene rings is 4. The van der Waals surface area contributed by atoms with Crippen molar-refractivity contribution in [2.45, 2.75) is 84.5 Å². The summed E-state index contributed by atoms with van der Waals surface area (Å²) in [7, 11) is 0. The molecule has 4 heterocycles. The molecule has 1 aliphatic heterocycles. The summed E-state index contributed by atoms with van der Waals surface area (Å²) >= 11 is 0. The molecule has 3 aromatic heterocycles. The molecule has 0 N–H and O–H groups in total. The zero-order valence-electron chi connectivity index (χ0n) is 36.7. The zero-order valence-corrected chi connectivity index (χ0v) is 32.7. The summed E-state index contributed by atoms with van der Waals surface area (Å²) in [6.07, 6.45) is 3.26. The first-order valence-corrected chi connectivity index (χ1v) is 18.6. The number of hydrogen-bond acceptors (Lipinski definition) is 2. The molecule has 0 unspecified atom stereocenters. The topological polar surface area (TPSA) is 36.7 Å². The van der Waals surface area contributed by atoms with E-state index in [0.29, 0.717) is 22.6 Å². The van der Waals surface area contributed by atoms with E-state index in [9.17, 15) is 0 Å². The summed E-state index contributed by atoms with van der Waals surface area (Å²) in [6, 6.07) is 27.4. The highest BCUT2D eigenvalue weighted by atomic mass is 19.3. The van der Waals surface area contributed by atoms with Crippen molar-refractivity contribution in [1.82, 2.24) is 23.7 Å². The molecule has 1 aliphatic rings. The van der Waals surface area contributed by atoms with E-state index in [1.807, 2.05) is 86.0 Å². The molecule has 0 fully saturated rings. The Morgan fingerprint density at radius 1 is 0.618 bits per heavy atom. The minimum Gasteiger partial charge on any atom is -0.294 e. The lowest BCUT2D eigenvalue weighted by Gasteiger charge is -2.23. The number of alkyl halides is 2. The number of aromatic nitrogens is 3. The van der Waals surface area contributed by atoms with Gasteiger partial charge in [0.25, 0.3) is 11.4 Å². The van der Waals surface area contributed by atoms with Crippen molar-refractivity contribution >= 4 is 50.6 Å². The second kappa shape index (κ2) is 12.6. The van der Waals surface area contributed by atoms with E-state index in [4.69, 9.17) is 10.5 Å². The first kappa shape index (κ1) is 31.6. The standard InChI is InChI=1S/C48H47F2N5/c1-45(2,3)31-22-23-51-44(27-31)55-38-18-12-10-16-35(38)36-29-52-43(28-42(36)55)48(49,50)33-24-32(46(4,5)6)25-34(26-33)53-30-54(41-21-15-14-20-40(41)53)39-19-13-11-17-37(39)47(7,8)9/h10-29H,1-9H3/q+2/i14D,15D,20D,21D. The Balaban J connectivity index is 1.38. The van der Waals surface area contributed by atoms with Crippen LogP contribution in [-0.2, 0) is 22.2 Å². The fourth-order valence-electron chi connectivity index (χ4n) is 7.28. The normalized spacial score (nSPS) is 14.7. The molecule has 0 amide bonds. The van der Waals surface area contributed by atoms with E-state index in [2.05, 4.69) is 52.5 Å². The van der Waals surface area contributed by atoms with E-state index in [1.54, 1.807) is 16.8 Å². The Hall–Kier alpha value is -5.78. The number of halogens is 2. The maximum Gasteiger partial charge on any atom is 0.503 e. The number of rotatable bonds is 5. The van der Waals surface area contributed by atoms with Crippen molar-refractivity contribution in [2.75, 3.05) is 0 Å². The van der Waals surface area contributed by atoms with Gasteiger partial charge < -0.3 is 0 Å². The zero-order chi connectivity index (χ0) is 42.6. The van der Waals surface area contributed by atoms with Crippen molar-refractivity contribution in [3.63, 3.8) is 0 Å². The lowest BCUT2D eigenvalue weighted by molar-refractivity contribution is 0.0380. The van der Waals surface area contributed by atoms with Gasteiger partial charge in [-0.1, -0.05) is 111 Å². The molecule has 0 atom stereocenters. The van der Waals surface area contributed by atoms with Gasteiger partial charge in [-0.15, -0.1) is 0 Å². The largest absolute Gasteiger partial charge is 0.503 e.